The zero-order chi connectivity index (χ0) is 21.0. The van der Waals surface area contributed by atoms with Gasteiger partial charge in [-0.15, -0.1) is 0 Å². The monoisotopic (exact) mass is 410 g/mol. The van der Waals surface area contributed by atoms with E-state index < -0.39 is 11.9 Å². The molecular weight excluding hydrogens is 389 g/mol. The number of halogens is 3. The molecule has 1 fully saturated rings. The van der Waals surface area contributed by atoms with Crippen LogP contribution in [0, 0.1) is 11.3 Å². The van der Waals surface area contributed by atoms with Crippen LogP contribution in [0.25, 0.3) is 0 Å². The molecule has 2 aromatic heterocycles. The number of nitrogens with zero attached hydrogens (tertiary/aromatic N) is 6. The Hall–Kier alpha value is -2.71. The first kappa shape index (κ1) is 21.0. The van der Waals surface area contributed by atoms with E-state index in [9.17, 15) is 18.4 Å². The van der Waals surface area contributed by atoms with Crippen LogP contribution in [-0.4, -0.2) is 53.3 Å². The van der Waals surface area contributed by atoms with Gasteiger partial charge in [0, 0.05) is 33.3 Å². The normalized spacial score (nSPS) is 17.0. The van der Waals surface area contributed by atoms with E-state index in [-0.39, 0.29) is 17.5 Å². The molecule has 29 heavy (non-hydrogen) atoms. The molecule has 156 valence electrons. The summed E-state index contributed by atoms with van der Waals surface area (Å²) in [6.07, 6.45) is -4.14. The third-order valence-electron chi connectivity index (χ3n) is 4.73. The molecule has 2 aromatic rings. The summed E-state index contributed by atoms with van der Waals surface area (Å²) >= 11 is 0. The topological polar surface area (TPSA) is 91.3 Å². The Morgan fingerprint density at radius 2 is 2.03 bits per heavy atom. The second-order valence-corrected chi connectivity index (χ2v) is 6.72. The summed E-state index contributed by atoms with van der Waals surface area (Å²) in [6, 6.07) is 3.94. The first-order chi connectivity index (χ1) is 13.8. The van der Waals surface area contributed by atoms with Gasteiger partial charge >= 0.3 is 6.18 Å². The van der Waals surface area contributed by atoms with E-state index in [0.717, 1.165) is 6.07 Å². The number of rotatable bonds is 5. The molecule has 1 unspecified atom stereocenters. The standard InChI is InChI=1S/C18H21F3N6O2/c1-12(28-2)16-24-15(29-25-16)11-26-6-3-7-27(9-8-26)17-13(10-22)4-5-14(23-17)18(19,20)21/h4-5,12H,3,6-9,11H2,1-2H3. The lowest BCUT2D eigenvalue weighted by molar-refractivity contribution is -0.141. The summed E-state index contributed by atoms with van der Waals surface area (Å²) < 4.78 is 49.5. The molecular formula is C18H21F3N6O2. The number of pyridine rings is 1. The molecule has 0 radical (unpaired) electrons. The molecule has 0 amide bonds. The van der Waals surface area contributed by atoms with Gasteiger partial charge in [-0.25, -0.2) is 4.98 Å². The summed E-state index contributed by atoms with van der Waals surface area (Å²) in [5, 5.41) is 13.2. The Labute approximate surface area is 165 Å². The van der Waals surface area contributed by atoms with Crippen LogP contribution in [-0.2, 0) is 17.5 Å². The fourth-order valence-corrected chi connectivity index (χ4v) is 3.07. The van der Waals surface area contributed by atoms with Gasteiger partial charge in [0.2, 0.25) is 5.89 Å². The SMILES string of the molecule is COC(C)c1noc(CN2CCCN(c3nc(C(F)(F)F)ccc3C#N)CC2)n1. The number of alkyl halides is 3. The lowest BCUT2D eigenvalue weighted by Crippen LogP contribution is -2.32. The summed E-state index contributed by atoms with van der Waals surface area (Å²) in [5.41, 5.74) is -0.875. The Morgan fingerprint density at radius 3 is 2.72 bits per heavy atom. The first-order valence-corrected chi connectivity index (χ1v) is 9.12. The second kappa shape index (κ2) is 8.75. The highest BCUT2D eigenvalue weighted by Crippen LogP contribution is 2.30. The fourth-order valence-electron chi connectivity index (χ4n) is 3.07. The van der Waals surface area contributed by atoms with Gasteiger partial charge in [0.1, 0.15) is 23.7 Å². The van der Waals surface area contributed by atoms with Crippen molar-refractivity contribution in [3.63, 3.8) is 0 Å². The number of hydrogen-bond acceptors (Lipinski definition) is 8. The molecule has 0 saturated carbocycles. The van der Waals surface area contributed by atoms with E-state index in [1.807, 2.05) is 13.0 Å². The molecule has 0 N–H and O–H groups in total. The van der Waals surface area contributed by atoms with Crippen molar-refractivity contribution in [1.82, 2.24) is 20.0 Å². The van der Waals surface area contributed by atoms with Crippen LogP contribution in [0.1, 0.15) is 42.4 Å². The van der Waals surface area contributed by atoms with Crippen molar-refractivity contribution in [2.24, 2.45) is 0 Å². The molecule has 11 heteroatoms. The van der Waals surface area contributed by atoms with Crippen LogP contribution in [0.2, 0.25) is 0 Å². The molecule has 3 rings (SSSR count). The molecule has 0 spiro atoms. The maximum absolute atomic E-state index is 13.0. The smallest absolute Gasteiger partial charge is 0.374 e. The van der Waals surface area contributed by atoms with Gasteiger partial charge in [0.25, 0.3) is 0 Å². The van der Waals surface area contributed by atoms with Gasteiger partial charge in [0.15, 0.2) is 5.82 Å². The third-order valence-corrected chi connectivity index (χ3v) is 4.73. The van der Waals surface area contributed by atoms with Gasteiger partial charge in [0.05, 0.1) is 12.1 Å². The maximum atomic E-state index is 13.0. The van der Waals surface area contributed by atoms with E-state index in [0.29, 0.717) is 50.9 Å². The predicted molar refractivity (Wildman–Crippen MR) is 95.8 cm³/mol. The first-order valence-electron chi connectivity index (χ1n) is 9.12. The number of nitriles is 1. The van der Waals surface area contributed by atoms with Crippen LogP contribution >= 0.6 is 0 Å². The van der Waals surface area contributed by atoms with Gasteiger partial charge < -0.3 is 14.2 Å². The van der Waals surface area contributed by atoms with E-state index in [1.54, 1.807) is 12.0 Å². The van der Waals surface area contributed by atoms with Crippen molar-refractivity contribution in [3.05, 3.63) is 35.1 Å². The maximum Gasteiger partial charge on any atom is 0.433 e. The van der Waals surface area contributed by atoms with Crippen molar-refractivity contribution < 1.29 is 22.4 Å². The summed E-state index contributed by atoms with van der Waals surface area (Å²) in [5.74, 6) is 0.983. The minimum atomic E-state index is -4.56. The predicted octanol–water partition coefficient (Wildman–Crippen LogP) is 2.77. The van der Waals surface area contributed by atoms with Crippen LogP contribution in [0.5, 0.6) is 0 Å². The van der Waals surface area contributed by atoms with E-state index >= 15 is 0 Å². The zero-order valence-electron chi connectivity index (χ0n) is 16.1. The lowest BCUT2D eigenvalue weighted by atomic mass is 10.2. The molecule has 8 nitrogen and oxygen atoms in total. The van der Waals surface area contributed by atoms with Gasteiger partial charge in [-0.2, -0.15) is 23.4 Å². The number of anilines is 1. The van der Waals surface area contributed by atoms with E-state index in [4.69, 9.17) is 9.26 Å². The highest BCUT2D eigenvalue weighted by Gasteiger charge is 2.34. The average molecular weight is 410 g/mol. The molecule has 0 aliphatic carbocycles. The van der Waals surface area contributed by atoms with E-state index in [1.165, 1.54) is 6.07 Å². The number of hydrogen-bond donors (Lipinski definition) is 0. The van der Waals surface area contributed by atoms with Crippen LogP contribution in [0.3, 0.4) is 0 Å². The quantitative estimate of drug-likeness (QED) is 0.743. The fraction of sp³-hybridized carbons (Fsp3) is 0.556. The average Bonchev–Trinajstić information content (AvgIpc) is 3.04. The third kappa shape index (κ3) is 5.02. The van der Waals surface area contributed by atoms with Crippen LogP contribution < -0.4 is 4.90 Å². The Morgan fingerprint density at radius 1 is 1.24 bits per heavy atom. The zero-order valence-corrected chi connectivity index (χ0v) is 16.1. The highest BCUT2D eigenvalue weighted by atomic mass is 19.4. The Kier molecular flexibility index (Phi) is 6.34. The van der Waals surface area contributed by atoms with Gasteiger partial charge in [-0.3, -0.25) is 4.90 Å². The van der Waals surface area contributed by atoms with Crippen molar-refractivity contribution in [3.8, 4) is 6.07 Å². The lowest BCUT2D eigenvalue weighted by Gasteiger charge is -2.23. The van der Waals surface area contributed by atoms with Crippen LogP contribution in [0.15, 0.2) is 16.7 Å². The van der Waals surface area contributed by atoms with Crippen molar-refractivity contribution in [2.75, 3.05) is 38.2 Å². The minimum Gasteiger partial charge on any atom is -0.374 e. The molecule has 0 aromatic carbocycles. The van der Waals surface area contributed by atoms with Crippen LogP contribution in [0.4, 0.5) is 19.0 Å². The molecule has 3 heterocycles. The molecule has 1 aliphatic heterocycles. The summed E-state index contributed by atoms with van der Waals surface area (Å²) in [7, 11) is 1.56. The van der Waals surface area contributed by atoms with Crippen molar-refractivity contribution >= 4 is 5.82 Å². The molecule has 1 aliphatic rings. The van der Waals surface area contributed by atoms with Crippen molar-refractivity contribution in [2.45, 2.75) is 32.2 Å². The second-order valence-electron chi connectivity index (χ2n) is 6.72. The molecule has 1 saturated heterocycles. The van der Waals surface area contributed by atoms with Crippen molar-refractivity contribution in [1.29, 1.82) is 5.26 Å². The molecule has 0 bridgehead atoms. The summed E-state index contributed by atoms with van der Waals surface area (Å²) in [4.78, 5) is 11.8. The van der Waals surface area contributed by atoms with E-state index in [2.05, 4.69) is 20.0 Å². The number of aromatic nitrogens is 3. The highest BCUT2D eigenvalue weighted by molar-refractivity contribution is 5.54. The van der Waals surface area contributed by atoms with Gasteiger partial charge in [-0.05, 0) is 25.5 Å². The molecule has 1 atom stereocenters. The number of methoxy groups -OCH3 is 1. The van der Waals surface area contributed by atoms with Gasteiger partial charge in [-0.1, -0.05) is 5.16 Å². The Balaban J connectivity index is 1.70. The largest absolute Gasteiger partial charge is 0.433 e. The number of ether oxygens (including phenoxy) is 1. The summed E-state index contributed by atoms with van der Waals surface area (Å²) in [6.45, 7) is 4.43. The minimum absolute atomic E-state index is 0.0678. The Bertz CT molecular complexity index is 879.